The van der Waals surface area contributed by atoms with E-state index in [-0.39, 0.29) is 11.6 Å². The maximum Gasteiger partial charge on any atom is 0.349 e. The summed E-state index contributed by atoms with van der Waals surface area (Å²) in [6, 6.07) is 17.0. The minimum absolute atomic E-state index is 0.153. The molecule has 28 heavy (non-hydrogen) atoms. The van der Waals surface area contributed by atoms with Crippen LogP contribution in [0.3, 0.4) is 0 Å². The zero-order valence-corrected chi connectivity index (χ0v) is 16.4. The van der Waals surface area contributed by atoms with Crippen LogP contribution in [0.2, 0.25) is 0 Å². The number of rotatable bonds is 7. The number of nitrogens with zero attached hydrogens (tertiary/aromatic N) is 1. The van der Waals surface area contributed by atoms with E-state index in [9.17, 15) is 14.9 Å². The van der Waals surface area contributed by atoms with E-state index in [1.54, 1.807) is 12.1 Å². The van der Waals surface area contributed by atoms with Gasteiger partial charge in [0.1, 0.15) is 11.6 Å². The molecule has 2 rings (SSSR count). The number of carbonyl (C=O) groups is 2. The van der Waals surface area contributed by atoms with E-state index in [1.165, 1.54) is 11.6 Å². The van der Waals surface area contributed by atoms with E-state index < -0.39 is 18.5 Å². The average Bonchev–Trinajstić information content (AvgIpc) is 2.71. The number of ether oxygens (including phenoxy) is 1. The van der Waals surface area contributed by atoms with Crippen molar-refractivity contribution in [1.82, 2.24) is 5.32 Å². The van der Waals surface area contributed by atoms with Crippen molar-refractivity contribution in [2.24, 2.45) is 0 Å². The fourth-order valence-corrected chi connectivity index (χ4v) is 2.58. The van der Waals surface area contributed by atoms with Crippen molar-refractivity contribution in [2.75, 3.05) is 6.61 Å². The molecular weight excluding hydrogens is 352 g/mol. The largest absolute Gasteiger partial charge is 0.451 e. The van der Waals surface area contributed by atoms with Crippen molar-refractivity contribution in [3.8, 4) is 6.07 Å². The molecule has 5 nitrogen and oxygen atoms in total. The first-order valence-electron chi connectivity index (χ1n) is 9.16. The molecule has 0 radical (unpaired) electrons. The van der Waals surface area contributed by atoms with Gasteiger partial charge in [-0.05, 0) is 43.0 Å². The molecule has 0 aliphatic heterocycles. The molecule has 0 aromatic heterocycles. The van der Waals surface area contributed by atoms with Gasteiger partial charge in [0.15, 0.2) is 6.61 Å². The van der Waals surface area contributed by atoms with Gasteiger partial charge in [-0.25, -0.2) is 4.79 Å². The molecule has 0 bridgehead atoms. The maximum atomic E-state index is 12.1. The van der Waals surface area contributed by atoms with Gasteiger partial charge in [-0.3, -0.25) is 4.79 Å². The number of amides is 1. The Hall–Kier alpha value is -3.39. The van der Waals surface area contributed by atoms with Gasteiger partial charge in [-0.15, -0.1) is 0 Å². The van der Waals surface area contributed by atoms with Gasteiger partial charge in [0.05, 0.1) is 6.04 Å². The molecule has 2 aromatic carbocycles. The first-order valence-corrected chi connectivity index (χ1v) is 9.16. The van der Waals surface area contributed by atoms with Crippen LogP contribution >= 0.6 is 0 Å². The van der Waals surface area contributed by atoms with Crippen molar-refractivity contribution >= 4 is 18.0 Å². The predicted octanol–water partition coefficient (Wildman–Crippen LogP) is 3.89. The Bertz CT molecular complexity index is 891. The Morgan fingerprint density at radius 2 is 1.79 bits per heavy atom. The van der Waals surface area contributed by atoms with Crippen LogP contribution in [-0.2, 0) is 20.7 Å². The van der Waals surface area contributed by atoms with Gasteiger partial charge < -0.3 is 10.1 Å². The third kappa shape index (κ3) is 6.10. The Morgan fingerprint density at radius 1 is 1.14 bits per heavy atom. The average molecular weight is 376 g/mol. The summed E-state index contributed by atoms with van der Waals surface area (Å²) in [5, 5.41) is 12.0. The third-order valence-corrected chi connectivity index (χ3v) is 4.33. The van der Waals surface area contributed by atoms with Gasteiger partial charge in [-0.2, -0.15) is 5.26 Å². The molecule has 0 unspecified atom stereocenters. The number of nitriles is 1. The minimum Gasteiger partial charge on any atom is -0.451 e. The summed E-state index contributed by atoms with van der Waals surface area (Å²) in [4.78, 5) is 24.2. The van der Waals surface area contributed by atoms with Crippen LogP contribution in [0.25, 0.3) is 6.08 Å². The summed E-state index contributed by atoms with van der Waals surface area (Å²) >= 11 is 0. The first-order chi connectivity index (χ1) is 13.4. The SMILES string of the molecule is CCc1ccc([C@@H](C)NC(=O)COC(=O)/C(C#N)=C/c2ccc(C)cc2)cc1. The zero-order valence-electron chi connectivity index (χ0n) is 16.4. The van der Waals surface area contributed by atoms with Crippen LogP contribution in [0, 0.1) is 18.3 Å². The molecule has 1 N–H and O–H groups in total. The van der Waals surface area contributed by atoms with E-state index >= 15 is 0 Å². The third-order valence-electron chi connectivity index (χ3n) is 4.33. The number of aryl methyl sites for hydroxylation is 2. The Balaban J connectivity index is 1.90. The first kappa shape index (κ1) is 20.9. The number of hydrogen-bond donors (Lipinski definition) is 1. The highest BCUT2D eigenvalue weighted by Gasteiger charge is 2.15. The molecule has 1 atom stereocenters. The van der Waals surface area contributed by atoms with Crippen molar-refractivity contribution < 1.29 is 14.3 Å². The van der Waals surface area contributed by atoms with Gasteiger partial charge >= 0.3 is 5.97 Å². The zero-order chi connectivity index (χ0) is 20.5. The molecule has 5 heteroatoms. The summed E-state index contributed by atoms with van der Waals surface area (Å²) in [6.07, 6.45) is 2.39. The second-order valence-electron chi connectivity index (χ2n) is 6.54. The monoisotopic (exact) mass is 376 g/mol. The van der Waals surface area contributed by atoms with E-state index in [4.69, 9.17) is 4.74 Å². The minimum atomic E-state index is -0.821. The molecule has 144 valence electrons. The van der Waals surface area contributed by atoms with E-state index in [2.05, 4.69) is 12.2 Å². The summed E-state index contributed by atoms with van der Waals surface area (Å²) in [6.45, 7) is 5.45. The second-order valence-corrected chi connectivity index (χ2v) is 6.54. The highest BCUT2D eigenvalue weighted by molar-refractivity contribution is 5.98. The smallest absolute Gasteiger partial charge is 0.349 e. The fraction of sp³-hybridized carbons (Fsp3) is 0.261. The molecule has 0 spiro atoms. The van der Waals surface area contributed by atoms with Crippen LogP contribution < -0.4 is 5.32 Å². The molecule has 0 saturated carbocycles. The topological polar surface area (TPSA) is 79.2 Å². The number of nitrogens with one attached hydrogen (secondary N) is 1. The lowest BCUT2D eigenvalue weighted by atomic mass is 10.1. The Kier molecular flexibility index (Phi) is 7.53. The van der Waals surface area contributed by atoms with Crippen LogP contribution in [-0.4, -0.2) is 18.5 Å². The molecule has 0 aliphatic rings. The van der Waals surface area contributed by atoms with Crippen LogP contribution in [0.4, 0.5) is 0 Å². The van der Waals surface area contributed by atoms with Crippen molar-refractivity contribution in [3.05, 3.63) is 76.4 Å². The lowest BCUT2D eigenvalue weighted by Crippen LogP contribution is -2.31. The van der Waals surface area contributed by atoms with E-state index in [0.717, 1.165) is 17.5 Å². The number of carbonyl (C=O) groups excluding carboxylic acids is 2. The molecule has 1 amide bonds. The highest BCUT2D eigenvalue weighted by atomic mass is 16.5. The normalized spacial score (nSPS) is 12.0. The summed E-state index contributed by atoms with van der Waals surface area (Å²) in [7, 11) is 0. The molecule has 2 aromatic rings. The van der Waals surface area contributed by atoms with Crippen molar-refractivity contribution in [1.29, 1.82) is 5.26 Å². The maximum absolute atomic E-state index is 12.1. The lowest BCUT2D eigenvalue weighted by Gasteiger charge is -2.14. The molecule has 0 fully saturated rings. The van der Waals surface area contributed by atoms with E-state index in [0.29, 0.717) is 5.56 Å². The quantitative estimate of drug-likeness (QED) is 0.452. The lowest BCUT2D eigenvalue weighted by molar-refractivity contribution is -0.144. The van der Waals surface area contributed by atoms with Crippen molar-refractivity contribution in [3.63, 3.8) is 0 Å². The van der Waals surface area contributed by atoms with Gasteiger partial charge in [0.25, 0.3) is 5.91 Å². The van der Waals surface area contributed by atoms with Gasteiger partial charge in [0.2, 0.25) is 0 Å². The Labute approximate surface area is 165 Å². The summed E-state index contributed by atoms with van der Waals surface area (Å²) in [5.74, 6) is -1.24. The summed E-state index contributed by atoms with van der Waals surface area (Å²) < 4.78 is 4.98. The number of esters is 1. The number of hydrogen-bond acceptors (Lipinski definition) is 4. The molecular formula is C23H24N2O3. The van der Waals surface area contributed by atoms with Crippen LogP contribution in [0.15, 0.2) is 54.1 Å². The standard InChI is InChI=1S/C23H24N2O3/c1-4-18-9-11-20(12-10-18)17(3)25-22(26)15-28-23(27)21(14-24)13-19-7-5-16(2)6-8-19/h5-13,17H,4,15H2,1-3H3,(H,25,26)/b21-13+/t17-/m1/s1. The number of benzene rings is 2. The summed E-state index contributed by atoms with van der Waals surface area (Å²) in [5.41, 5.74) is 3.83. The van der Waals surface area contributed by atoms with Gasteiger partial charge in [-0.1, -0.05) is 61.0 Å². The van der Waals surface area contributed by atoms with Gasteiger partial charge in [0, 0.05) is 0 Å². The second kappa shape index (κ2) is 10.1. The molecule has 0 heterocycles. The van der Waals surface area contributed by atoms with Crippen molar-refractivity contribution in [2.45, 2.75) is 33.2 Å². The predicted molar refractivity (Wildman–Crippen MR) is 108 cm³/mol. The van der Waals surface area contributed by atoms with E-state index in [1.807, 2.05) is 56.3 Å². The molecule has 0 aliphatic carbocycles. The van der Waals surface area contributed by atoms with Crippen LogP contribution in [0.5, 0.6) is 0 Å². The molecule has 0 saturated heterocycles. The fourth-order valence-electron chi connectivity index (χ4n) is 2.58. The highest BCUT2D eigenvalue weighted by Crippen LogP contribution is 2.14. The Morgan fingerprint density at radius 3 is 2.36 bits per heavy atom. The van der Waals surface area contributed by atoms with Crippen LogP contribution in [0.1, 0.15) is 42.1 Å².